The van der Waals surface area contributed by atoms with Crippen LogP contribution in [0.1, 0.15) is 37.4 Å². The van der Waals surface area contributed by atoms with E-state index < -0.39 is 0 Å². The summed E-state index contributed by atoms with van der Waals surface area (Å²) in [6.07, 6.45) is 0. The van der Waals surface area contributed by atoms with Crippen LogP contribution in [-0.2, 0) is 6.54 Å². The van der Waals surface area contributed by atoms with Gasteiger partial charge in [0.25, 0.3) is 5.91 Å². The van der Waals surface area contributed by atoms with Gasteiger partial charge in [-0.25, -0.2) is 0 Å². The molecule has 0 atom stereocenters. The molecule has 3 aromatic carbocycles. The molecular formula is C23H18N2O2. The third-order valence-corrected chi connectivity index (χ3v) is 4.29. The second kappa shape index (κ2) is 8.11. The van der Waals surface area contributed by atoms with Crippen molar-refractivity contribution < 1.29 is 9.59 Å². The highest BCUT2D eigenvalue weighted by atomic mass is 16.2. The van der Waals surface area contributed by atoms with E-state index in [4.69, 9.17) is 5.26 Å². The molecule has 0 aromatic heterocycles. The van der Waals surface area contributed by atoms with Gasteiger partial charge in [0, 0.05) is 24.7 Å². The van der Waals surface area contributed by atoms with Gasteiger partial charge in [-0.1, -0.05) is 60.7 Å². The van der Waals surface area contributed by atoms with E-state index in [1.807, 2.05) is 18.2 Å². The molecule has 0 aliphatic heterocycles. The standard InChI is InChI=1S/C23H18N2O2/c1-25(16-18-13-11-17(15-24)12-14-18)23(27)21-10-6-5-9-20(21)22(26)19-7-3-2-4-8-19/h2-14H,16H2,1H3. The van der Waals surface area contributed by atoms with Crippen molar-refractivity contribution in [3.8, 4) is 6.07 Å². The molecule has 27 heavy (non-hydrogen) atoms. The monoisotopic (exact) mass is 354 g/mol. The van der Waals surface area contributed by atoms with E-state index in [-0.39, 0.29) is 11.7 Å². The molecule has 4 heteroatoms. The fraction of sp³-hybridized carbons (Fsp3) is 0.0870. The lowest BCUT2D eigenvalue weighted by molar-refractivity contribution is 0.0780. The van der Waals surface area contributed by atoms with Crippen LogP contribution in [0.25, 0.3) is 0 Å². The van der Waals surface area contributed by atoms with Crippen LogP contribution in [0.2, 0.25) is 0 Å². The Bertz CT molecular complexity index is 1000. The number of hydrogen-bond acceptors (Lipinski definition) is 3. The second-order valence-corrected chi connectivity index (χ2v) is 6.21. The number of benzene rings is 3. The van der Waals surface area contributed by atoms with Gasteiger partial charge < -0.3 is 4.90 Å². The Hall–Kier alpha value is -3.71. The van der Waals surface area contributed by atoms with E-state index in [2.05, 4.69) is 6.07 Å². The quantitative estimate of drug-likeness (QED) is 0.649. The van der Waals surface area contributed by atoms with Gasteiger partial charge in [0.1, 0.15) is 0 Å². The average Bonchev–Trinajstić information content (AvgIpc) is 2.73. The predicted octanol–water partition coefficient (Wildman–Crippen LogP) is 4.06. The molecule has 0 bridgehead atoms. The lowest BCUT2D eigenvalue weighted by atomic mass is 9.97. The van der Waals surface area contributed by atoms with Crippen molar-refractivity contribution in [3.63, 3.8) is 0 Å². The van der Waals surface area contributed by atoms with Gasteiger partial charge in [-0.15, -0.1) is 0 Å². The zero-order valence-electron chi connectivity index (χ0n) is 14.9. The van der Waals surface area contributed by atoms with Gasteiger partial charge in [0.2, 0.25) is 0 Å². The number of ketones is 1. The first-order valence-corrected chi connectivity index (χ1v) is 8.53. The molecule has 0 fully saturated rings. The topological polar surface area (TPSA) is 61.2 Å². The van der Waals surface area contributed by atoms with Crippen LogP contribution in [0.5, 0.6) is 0 Å². The van der Waals surface area contributed by atoms with Crippen LogP contribution < -0.4 is 0 Å². The smallest absolute Gasteiger partial charge is 0.254 e. The number of carbonyl (C=O) groups excluding carboxylic acids is 2. The fourth-order valence-corrected chi connectivity index (χ4v) is 2.85. The zero-order chi connectivity index (χ0) is 19.2. The Morgan fingerprint density at radius 3 is 2.07 bits per heavy atom. The van der Waals surface area contributed by atoms with Gasteiger partial charge in [-0.3, -0.25) is 9.59 Å². The Morgan fingerprint density at radius 2 is 1.44 bits per heavy atom. The van der Waals surface area contributed by atoms with Crippen LogP contribution in [0.3, 0.4) is 0 Å². The molecule has 3 aromatic rings. The van der Waals surface area contributed by atoms with Crippen molar-refractivity contribution >= 4 is 11.7 Å². The summed E-state index contributed by atoms with van der Waals surface area (Å²) in [5.74, 6) is -0.398. The normalized spacial score (nSPS) is 10.1. The third kappa shape index (κ3) is 4.10. The number of rotatable bonds is 5. The summed E-state index contributed by atoms with van der Waals surface area (Å²) in [4.78, 5) is 27.3. The molecule has 0 unspecified atom stereocenters. The van der Waals surface area contributed by atoms with Crippen molar-refractivity contribution in [3.05, 3.63) is 107 Å². The second-order valence-electron chi connectivity index (χ2n) is 6.21. The van der Waals surface area contributed by atoms with Crippen LogP contribution in [0, 0.1) is 11.3 Å². The molecule has 0 saturated heterocycles. The first-order valence-electron chi connectivity index (χ1n) is 8.53. The van der Waals surface area contributed by atoms with Gasteiger partial charge in [0.15, 0.2) is 5.78 Å². The molecule has 0 aliphatic rings. The van der Waals surface area contributed by atoms with Gasteiger partial charge in [-0.2, -0.15) is 5.26 Å². The summed E-state index contributed by atoms with van der Waals surface area (Å²) in [6.45, 7) is 0.387. The number of nitriles is 1. The highest BCUT2D eigenvalue weighted by molar-refractivity contribution is 6.15. The predicted molar refractivity (Wildman–Crippen MR) is 103 cm³/mol. The zero-order valence-corrected chi connectivity index (χ0v) is 14.9. The Balaban J connectivity index is 1.84. The molecule has 4 nitrogen and oxygen atoms in total. The minimum atomic E-state index is -0.223. The lowest BCUT2D eigenvalue weighted by Gasteiger charge is -2.19. The molecule has 132 valence electrons. The Labute approximate surface area is 158 Å². The van der Waals surface area contributed by atoms with E-state index in [1.165, 1.54) is 0 Å². The summed E-state index contributed by atoms with van der Waals surface area (Å²) in [7, 11) is 1.70. The van der Waals surface area contributed by atoms with E-state index in [0.29, 0.717) is 28.8 Å². The van der Waals surface area contributed by atoms with Crippen LogP contribution in [-0.4, -0.2) is 23.6 Å². The van der Waals surface area contributed by atoms with Gasteiger partial charge in [-0.05, 0) is 23.8 Å². The van der Waals surface area contributed by atoms with E-state index in [9.17, 15) is 9.59 Å². The Kier molecular flexibility index (Phi) is 5.44. The van der Waals surface area contributed by atoms with E-state index >= 15 is 0 Å². The molecule has 0 N–H and O–H groups in total. The SMILES string of the molecule is CN(Cc1ccc(C#N)cc1)C(=O)c1ccccc1C(=O)c1ccccc1. The number of amides is 1. The van der Waals surface area contributed by atoms with Crippen molar-refractivity contribution in [2.45, 2.75) is 6.54 Å². The first-order chi connectivity index (χ1) is 13.1. The number of carbonyl (C=O) groups is 2. The summed E-state index contributed by atoms with van der Waals surface area (Å²) < 4.78 is 0. The van der Waals surface area contributed by atoms with Crippen LogP contribution >= 0.6 is 0 Å². The maximum atomic E-state index is 13.0. The van der Waals surface area contributed by atoms with Gasteiger partial charge in [0.05, 0.1) is 17.2 Å². The Morgan fingerprint density at radius 1 is 0.852 bits per heavy atom. The molecule has 3 rings (SSSR count). The molecule has 0 saturated carbocycles. The highest BCUT2D eigenvalue weighted by Gasteiger charge is 2.20. The van der Waals surface area contributed by atoms with Crippen molar-refractivity contribution in [1.29, 1.82) is 5.26 Å². The maximum absolute atomic E-state index is 13.0. The minimum absolute atomic E-state index is 0.175. The summed E-state index contributed by atoms with van der Waals surface area (Å²) in [5, 5.41) is 8.88. The summed E-state index contributed by atoms with van der Waals surface area (Å²) in [6, 6.07) is 25.0. The number of hydrogen-bond donors (Lipinski definition) is 0. The van der Waals surface area contributed by atoms with Crippen molar-refractivity contribution in [2.24, 2.45) is 0 Å². The lowest BCUT2D eigenvalue weighted by Crippen LogP contribution is -2.28. The molecular weight excluding hydrogens is 336 g/mol. The minimum Gasteiger partial charge on any atom is -0.337 e. The molecule has 0 spiro atoms. The third-order valence-electron chi connectivity index (χ3n) is 4.29. The largest absolute Gasteiger partial charge is 0.337 e. The fourth-order valence-electron chi connectivity index (χ4n) is 2.85. The van der Waals surface area contributed by atoms with E-state index in [0.717, 1.165) is 5.56 Å². The van der Waals surface area contributed by atoms with Crippen LogP contribution in [0.15, 0.2) is 78.9 Å². The van der Waals surface area contributed by atoms with E-state index in [1.54, 1.807) is 72.6 Å². The molecule has 0 aliphatic carbocycles. The highest BCUT2D eigenvalue weighted by Crippen LogP contribution is 2.17. The van der Waals surface area contributed by atoms with Crippen LogP contribution in [0.4, 0.5) is 0 Å². The first kappa shape index (κ1) is 18.1. The average molecular weight is 354 g/mol. The number of nitrogens with zero attached hydrogens (tertiary/aromatic N) is 2. The molecule has 0 radical (unpaired) electrons. The van der Waals surface area contributed by atoms with Gasteiger partial charge >= 0.3 is 0 Å². The molecule has 0 heterocycles. The van der Waals surface area contributed by atoms with Crippen molar-refractivity contribution in [2.75, 3.05) is 7.05 Å². The van der Waals surface area contributed by atoms with Crippen molar-refractivity contribution in [1.82, 2.24) is 4.90 Å². The summed E-state index contributed by atoms with van der Waals surface area (Å²) >= 11 is 0. The molecule has 1 amide bonds. The maximum Gasteiger partial charge on any atom is 0.254 e. The summed E-state index contributed by atoms with van der Waals surface area (Å²) in [5.41, 5.74) is 2.80.